The van der Waals surface area contributed by atoms with Crippen molar-refractivity contribution in [2.45, 2.75) is 58.9 Å². The summed E-state index contributed by atoms with van der Waals surface area (Å²) in [6.45, 7) is 7.35. The van der Waals surface area contributed by atoms with Crippen molar-refractivity contribution in [3.8, 4) is 0 Å². The number of rotatable bonds is 10. The van der Waals surface area contributed by atoms with E-state index in [-0.39, 0.29) is 11.5 Å². The van der Waals surface area contributed by atoms with E-state index in [0.717, 1.165) is 13.8 Å². The number of primary amides is 1. The molecule has 1 aliphatic heterocycles. The van der Waals surface area contributed by atoms with Gasteiger partial charge in [-0.1, -0.05) is 0 Å². The molecular formula is C26H41F3N7O3S+3. The molecule has 14 heteroatoms. The molecule has 0 saturated carbocycles. The summed E-state index contributed by atoms with van der Waals surface area (Å²) < 4.78 is 44.0. The average Bonchev–Trinajstić information content (AvgIpc) is 3.17. The molecule has 1 aromatic rings. The Balaban J connectivity index is 2.26. The van der Waals surface area contributed by atoms with Gasteiger partial charge in [0.05, 0.1) is 23.7 Å². The Bertz CT molecular complexity index is 1210. The number of alkyl halides is 3. The molecule has 1 fully saturated rings. The van der Waals surface area contributed by atoms with Crippen molar-refractivity contribution < 1.29 is 38.1 Å². The highest BCUT2D eigenvalue weighted by Crippen LogP contribution is 2.39. The van der Waals surface area contributed by atoms with Crippen molar-refractivity contribution in [2.75, 3.05) is 25.1 Å². The summed E-state index contributed by atoms with van der Waals surface area (Å²) in [4.78, 5) is 22.2. The predicted octanol–water partition coefficient (Wildman–Crippen LogP) is 1.13. The van der Waals surface area contributed by atoms with Crippen LogP contribution in [0.25, 0.3) is 0 Å². The quantitative estimate of drug-likeness (QED) is 0.157. The van der Waals surface area contributed by atoms with Crippen LogP contribution >= 0.6 is 0 Å². The first-order valence-electron chi connectivity index (χ1n) is 12.6. The predicted molar refractivity (Wildman–Crippen MR) is 152 cm³/mol. The maximum Gasteiger partial charge on any atom is 0.397 e. The van der Waals surface area contributed by atoms with Gasteiger partial charge >= 0.3 is 6.18 Å². The van der Waals surface area contributed by atoms with Gasteiger partial charge in [0.1, 0.15) is 35.7 Å². The minimum Gasteiger partial charge on any atom is -0.477 e. The maximum absolute atomic E-state index is 13.0. The zero-order valence-corrected chi connectivity index (χ0v) is 24.6. The standard InChI is InChI=1S/C26H38F3N7O3S/c1-14(30)21(40)19(33-6)20(37)15-11-25(4,5)36(12-15)23-16(22(32)38)7-8-18(35-23)34-10-9-17(31)39-13-24(2,3)26(27,28)29/h7-10,15,20,31,37,40H,11-13,30H2,1-6H3,(H2,32,38)(H,34,35)/p+3. The van der Waals surface area contributed by atoms with Crippen LogP contribution < -0.4 is 26.7 Å². The van der Waals surface area contributed by atoms with E-state index in [1.54, 1.807) is 31.4 Å². The molecule has 2 heterocycles. The van der Waals surface area contributed by atoms with Gasteiger partial charge in [0, 0.05) is 19.0 Å². The van der Waals surface area contributed by atoms with Crippen molar-refractivity contribution in [3.63, 3.8) is 0 Å². The van der Waals surface area contributed by atoms with Crippen molar-refractivity contribution in [1.82, 2.24) is 0 Å². The summed E-state index contributed by atoms with van der Waals surface area (Å²) in [5.74, 6) is -0.331. The first-order chi connectivity index (χ1) is 18.3. The summed E-state index contributed by atoms with van der Waals surface area (Å²) in [6.07, 6.45) is -2.14. The third-order valence-corrected chi connectivity index (χ3v) is 7.54. The number of hydrogen-bond acceptors (Lipinski definition) is 7. The Labute approximate surface area is 237 Å². The largest absolute Gasteiger partial charge is 0.477 e. The molecule has 2 rings (SSSR count). The molecule has 0 radical (unpaired) electrons. The van der Waals surface area contributed by atoms with E-state index in [1.165, 1.54) is 12.3 Å². The number of allylic oxidation sites excluding steroid dienone is 1. The van der Waals surface area contributed by atoms with Gasteiger partial charge in [-0.05, 0) is 59.7 Å². The Hall–Kier alpha value is -3.10. The molecular weight excluding hydrogens is 547 g/mol. The number of amides is 1. The Morgan fingerprint density at radius 3 is 2.55 bits per heavy atom. The molecule has 2 atom stereocenters. The van der Waals surface area contributed by atoms with Gasteiger partial charge in [0.25, 0.3) is 17.5 Å². The number of aliphatic hydroxyl groups is 1. The van der Waals surface area contributed by atoms with Gasteiger partial charge < -0.3 is 21.3 Å². The van der Waals surface area contributed by atoms with Gasteiger partial charge in [0.2, 0.25) is 5.90 Å². The number of aromatic amines is 1. The van der Waals surface area contributed by atoms with Gasteiger partial charge in [-0.2, -0.15) is 18.2 Å². The second kappa shape index (κ2) is 12.6. The molecule has 1 amide bonds. The number of nitrogens with one attached hydrogen (secondary N) is 2. The van der Waals surface area contributed by atoms with Crippen LogP contribution in [0.1, 0.15) is 51.4 Å². The third kappa shape index (κ3) is 7.76. The lowest BCUT2D eigenvalue weighted by Crippen LogP contribution is -2.74. The number of aromatic nitrogens is 1. The molecule has 10 nitrogen and oxygen atoms in total. The highest BCUT2D eigenvalue weighted by Gasteiger charge is 2.50. The summed E-state index contributed by atoms with van der Waals surface area (Å²) in [5, 5.41) is 20.6. The molecule has 0 bridgehead atoms. The molecule has 0 spiro atoms. The number of nitrogens with two attached hydrogens (primary N) is 3. The molecule has 40 heavy (non-hydrogen) atoms. The number of carbonyl (C=O) groups is 1. The first kappa shape index (κ1) is 33.1. The van der Waals surface area contributed by atoms with Crippen LogP contribution in [0, 0.1) is 16.7 Å². The van der Waals surface area contributed by atoms with Crippen LogP contribution in [0.15, 0.2) is 40.0 Å². The highest BCUT2D eigenvalue weighted by molar-refractivity contribution is 7.65. The zero-order valence-electron chi connectivity index (χ0n) is 23.6. The summed E-state index contributed by atoms with van der Waals surface area (Å²) in [6, 6.07) is 3.19. The minimum absolute atomic E-state index is 0.248. The fraction of sp³-hybridized carbons (Fsp3) is 0.538. The number of H-pyrrole nitrogens is 1. The van der Waals surface area contributed by atoms with Crippen molar-refractivity contribution in [3.05, 3.63) is 40.6 Å². The van der Waals surface area contributed by atoms with E-state index in [1.807, 2.05) is 18.7 Å². The number of carbonyl (C=O) groups excluding carboxylic acids is 1. The van der Waals surface area contributed by atoms with Gasteiger partial charge in [-0.25, -0.2) is 0 Å². The fourth-order valence-electron chi connectivity index (χ4n) is 4.35. The first-order valence-corrected chi connectivity index (χ1v) is 13.1. The number of anilines is 1. The summed E-state index contributed by atoms with van der Waals surface area (Å²) >= 11 is 3.46. The molecule has 222 valence electrons. The average molecular weight is 589 g/mol. The monoisotopic (exact) mass is 588 g/mol. The smallest absolute Gasteiger partial charge is 0.397 e. The number of quaternary nitrogens is 1. The number of aliphatic imine (C=N–C) groups is 1. The van der Waals surface area contributed by atoms with Crippen LogP contribution in [0.4, 0.5) is 24.8 Å². The topological polar surface area (TPSA) is 169 Å². The fourth-order valence-corrected chi connectivity index (χ4v) is 4.61. The van der Waals surface area contributed by atoms with E-state index in [9.17, 15) is 23.1 Å². The molecule has 1 aromatic heterocycles. The summed E-state index contributed by atoms with van der Waals surface area (Å²) in [5.41, 5.74) is 10.1. The molecule has 1 aliphatic rings. The molecule has 2 unspecified atom stereocenters. The van der Waals surface area contributed by atoms with Gasteiger partial charge in [-0.3, -0.25) is 25.4 Å². The van der Waals surface area contributed by atoms with Crippen LogP contribution in [-0.4, -0.2) is 60.6 Å². The van der Waals surface area contributed by atoms with Crippen LogP contribution in [-0.2, 0) is 17.4 Å². The van der Waals surface area contributed by atoms with Gasteiger partial charge in [-0.15, -0.1) is 0 Å². The molecule has 0 aliphatic carbocycles. The second-order valence-electron chi connectivity index (χ2n) is 11.1. The lowest BCUT2D eigenvalue weighted by Gasteiger charge is -2.27. The Kier molecular flexibility index (Phi) is 10.4. The second-order valence-corrected chi connectivity index (χ2v) is 11.6. The zero-order chi connectivity index (χ0) is 30.6. The SMILES string of the molecule is CN=C(C([SH2+])=C(C)N)C(O)C1CN(c2[nH+]c([NH2+]C=CC(=N)OCC(C)(C)C(F)(F)F)ccc2C(N)=O)C(C)(C)C1. The maximum atomic E-state index is 13.0. The number of nitrogens with zero attached hydrogens (tertiary/aromatic N) is 2. The lowest BCUT2D eigenvalue weighted by molar-refractivity contribution is -0.592. The number of hydrogen-bond donors (Lipinski definition) is 5. The molecule has 0 aromatic carbocycles. The number of aliphatic hydroxyl groups excluding tert-OH is 1. The van der Waals surface area contributed by atoms with E-state index < -0.39 is 41.6 Å². The number of ether oxygens (including phenoxy) is 1. The van der Waals surface area contributed by atoms with Crippen LogP contribution in [0.2, 0.25) is 0 Å². The number of pyridine rings is 1. The third-order valence-electron chi connectivity index (χ3n) is 6.89. The van der Waals surface area contributed by atoms with Crippen molar-refractivity contribution in [2.24, 2.45) is 27.8 Å². The number of halogens is 3. The van der Waals surface area contributed by atoms with E-state index in [2.05, 4.69) is 22.6 Å². The minimum atomic E-state index is -4.46. The molecule has 1 saturated heterocycles. The Morgan fingerprint density at radius 2 is 2.02 bits per heavy atom. The highest BCUT2D eigenvalue weighted by atomic mass is 32.1. The lowest BCUT2D eigenvalue weighted by atomic mass is 9.90. The normalized spacial score (nSPS) is 19.5. The van der Waals surface area contributed by atoms with Crippen molar-refractivity contribution >= 4 is 41.8 Å². The summed E-state index contributed by atoms with van der Waals surface area (Å²) in [7, 11) is 1.58. The van der Waals surface area contributed by atoms with E-state index >= 15 is 0 Å². The van der Waals surface area contributed by atoms with Crippen LogP contribution in [0.5, 0.6) is 0 Å². The van der Waals surface area contributed by atoms with E-state index in [4.69, 9.17) is 21.6 Å². The van der Waals surface area contributed by atoms with Gasteiger partial charge in [0.15, 0.2) is 4.91 Å². The van der Waals surface area contributed by atoms with Crippen LogP contribution in [0.3, 0.4) is 0 Å². The molecule has 9 N–H and O–H groups in total. The van der Waals surface area contributed by atoms with Crippen molar-refractivity contribution in [1.29, 1.82) is 5.41 Å². The Morgan fingerprint density at radius 1 is 1.40 bits per heavy atom. The van der Waals surface area contributed by atoms with E-state index in [0.29, 0.717) is 40.9 Å².